The van der Waals surface area contributed by atoms with Crippen LogP contribution < -0.4 is 0 Å². The molecule has 8 heteroatoms. The van der Waals surface area contributed by atoms with Gasteiger partial charge in [-0.05, 0) is 0 Å². The molecule has 8 fully saturated rings. The van der Waals surface area contributed by atoms with Crippen LogP contribution in [0, 0.1) is 0 Å². The number of likely N-dealkylation sites (N-methyl/N-ethyl adjacent to an activating group) is 2. The van der Waals surface area contributed by atoms with Crippen LogP contribution in [0.3, 0.4) is 0 Å². The molecular weight excluding hydrogens is 496 g/mol. The molecule has 0 radical (unpaired) electrons. The van der Waals surface area contributed by atoms with Crippen molar-refractivity contribution in [1.82, 2.24) is 19.6 Å². The number of quaternary nitrogens is 4. The fourth-order valence-electron chi connectivity index (χ4n) is 11.7. The van der Waals surface area contributed by atoms with E-state index in [4.69, 9.17) is 0 Å². The van der Waals surface area contributed by atoms with Gasteiger partial charge in [0.05, 0.1) is 106 Å². The molecule has 8 aliphatic heterocycles. The minimum Gasteiger partial charge on any atom is -0.304 e. The number of hydrogen-bond acceptors (Lipinski definition) is 4. The van der Waals surface area contributed by atoms with Crippen molar-refractivity contribution >= 4 is 0 Å². The molecule has 0 saturated carbocycles. The summed E-state index contributed by atoms with van der Waals surface area (Å²) in [4.78, 5) is 11.6. The van der Waals surface area contributed by atoms with Gasteiger partial charge in [0.1, 0.15) is 13.1 Å². The SMILES string of the molecule is C[N+]12CCCN3CC[N+]4(Cc5ccc(C[N+]67CCN8CC[N+]9(C)CCN(CC6)C7C89)cc5)CCCN(CC1)C4C32. The Morgan fingerprint density at radius 3 is 1.40 bits per heavy atom. The van der Waals surface area contributed by atoms with Crippen LogP contribution in [0.4, 0.5) is 0 Å². The van der Waals surface area contributed by atoms with Gasteiger partial charge in [-0.1, -0.05) is 24.3 Å². The lowest BCUT2D eigenvalue weighted by atomic mass is 9.94. The summed E-state index contributed by atoms with van der Waals surface area (Å²) in [5.74, 6) is 0. The van der Waals surface area contributed by atoms with Crippen LogP contribution in [-0.2, 0) is 13.1 Å². The van der Waals surface area contributed by atoms with Gasteiger partial charge < -0.3 is 8.97 Å². The topological polar surface area (TPSA) is 13.0 Å². The molecule has 8 unspecified atom stereocenters. The molecule has 0 bridgehead atoms. The molecule has 0 spiro atoms. The maximum atomic E-state index is 2.92. The number of hydrogen-bond donors (Lipinski definition) is 0. The quantitative estimate of drug-likeness (QED) is 0.510. The number of benzene rings is 1. The van der Waals surface area contributed by atoms with Crippen molar-refractivity contribution in [1.29, 1.82) is 0 Å². The Morgan fingerprint density at radius 1 is 0.475 bits per heavy atom. The first-order valence-electron chi connectivity index (χ1n) is 16.8. The highest BCUT2D eigenvalue weighted by molar-refractivity contribution is 5.22. The van der Waals surface area contributed by atoms with E-state index in [2.05, 4.69) is 58.0 Å². The molecule has 0 N–H and O–H groups in total. The van der Waals surface area contributed by atoms with E-state index in [0.29, 0.717) is 18.5 Å². The Bertz CT molecular complexity index is 1160. The second kappa shape index (κ2) is 8.73. The number of piperazine rings is 4. The molecule has 8 aliphatic rings. The zero-order chi connectivity index (χ0) is 26.7. The molecule has 9 rings (SSSR count). The van der Waals surface area contributed by atoms with Crippen LogP contribution in [0.5, 0.6) is 0 Å². The third-order valence-corrected chi connectivity index (χ3v) is 13.8. The first-order chi connectivity index (χ1) is 19.4. The maximum absolute atomic E-state index is 2.92. The van der Waals surface area contributed by atoms with E-state index < -0.39 is 0 Å². The zero-order valence-corrected chi connectivity index (χ0v) is 25.3. The van der Waals surface area contributed by atoms with Crippen LogP contribution in [-0.4, -0.2) is 181 Å². The molecule has 1 aromatic rings. The Labute approximate surface area is 242 Å². The van der Waals surface area contributed by atoms with Gasteiger partial charge in [0.2, 0.25) is 24.7 Å². The van der Waals surface area contributed by atoms with E-state index in [1.165, 1.54) is 149 Å². The van der Waals surface area contributed by atoms with Crippen molar-refractivity contribution in [3.63, 3.8) is 0 Å². The largest absolute Gasteiger partial charge is 0.304 e. The fraction of sp³-hybridized carbons (Fsp3) is 0.812. The van der Waals surface area contributed by atoms with Crippen molar-refractivity contribution in [3.8, 4) is 0 Å². The van der Waals surface area contributed by atoms with Crippen LogP contribution in [0.25, 0.3) is 0 Å². The highest BCUT2D eigenvalue weighted by Gasteiger charge is 2.66. The summed E-state index contributed by atoms with van der Waals surface area (Å²) in [5.41, 5.74) is 3.16. The molecule has 40 heavy (non-hydrogen) atoms. The zero-order valence-electron chi connectivity index (χ0n) is 25.3. The van der Waals surface area contributed by atoms with Gasteiger partial charge in [-0.15, -0.1) is 0 Å². The van der Waals surface area contributed by atoms with Gasteiger partial charge in [-0.25, -0.2) is 19.6 Å². The minimum atomic E-state index is 0.691. The third kappa shape index (κ3) is 3.48. The van der Waals surface area contributed by atoms with Crippen molar-refractivity contribution in [2.45, 2.75) is 50.6 Å². The molecular formula is C32H54N8+4. The van der Waals surface area contributed by atoms with E-state index >= 15 is 0 Å². The summed E-state index contributed by atoms with van der Waals surface area (Å²) < 4.78 is 5.24. The second-order valence-electron chi connectivity index (χ2n) is 15.8. The van der Waals surface area contributed by atoms with E-state index in [-0.39, 0.29) is 0 Å². The van der Waals surface area contributed by atoms with Crippen LogP contribution in [0.15, 0.2) is 24.3 Å². The van der Waals surface area contributed by atoms with Crippen molar-refractivity contribution in [3.05, 3.63) is 35.4 Å². The average Bonchev–Trinajstić information content (AvgIpc) is 3.50. The Balaban J connectivity index is 0.970. The van der Waals surface area contributed by atoms with Crippen molar-refractivity contribution in [2.24, 2.45) is 0 Å². The Hall–Kier alpha value is -1.10. The minimum absolute atomic E-state index is 0.691. The highest BCUT2D eigenvalue weighted by atomic mass is 15.7. The molecule has 8 heterocycles. The fourth-order valence-corrected chi connectivity index (χ4v) is 11.7. The van der Waals surface area contributed by atoms with Crippen molar-refractivity contribution < 1.29 is 17.9 Å². The Morgan fingerprint density at radius 2 is 0.850 bits per heavy atom. The predicted molar refractivity (Wildman–Crippen MR) is 156 cm³/mol. The standard InChI is InChI=1S/C32H54N8/c1-37-17-3-9-33-14-22-39(18-4-10-34(11-19-37)31(39)29(33)37)25-27-5-7-28(8-6-27)26-40-23-15-35-12-20-38(2)21-13-36(16-24-40)32(40)30(35)38/h5-8,29-32H,3-4,9-26H2,1-2H3/q+4. The van der Waals surface area contributed by atoms with E-state index in [1.54, 1.807) is 11.1 Å². The summed E-state index contributed by atoms with van der Waals surface area (Å²) >= 11 is 0. The van der Waals surface area contributed by atoms with Gasteiger partial charge in [0, 0.05) is 37.1 Å². The van der Waals surface area contributed by atoms with Gasteiger partial charge in [0.15, 0.2) is 0 Å². The highest BCUT2D eigenvalue weighted by Crippen LogP contribution is 2.44. The maximum Gasteiger partial charge on any atom is 0.214 e. The van der Waals surface area contributed by atoms with Crippen LogP contribution >= 0.6 is 0 Å². The molecule has 0 aromatic heterocycles. The van der Waals surface area contributed by atoms with E-state index in [0.717, 1.165) is 6.17 Å². The third-order valence-electron chi connectivity index (χ3n) is 13.8. The van der Waals surface area contributed by atoms with Gasteiger partial charge in [-0.2, -0.15) is 0 Å². The van der Waals surface area contributed by atoms with Gasteiger partial charge in [0.25, 0.3) is 0 Å². The molecule has 0 aliphatic carbocycles. The second-order valence-corrected chi connectivity index (χ2v) is 15.8. The molecule has 218 valence electrons. The predicted octanol–water partition coefficient (Wildman–Crippen LogP) is 0.615. The molecule has 8 saturated heterocycles. The normalized spacial score (nSPS) is 48.6. The van der Waals surface area contributed by atoms with Crippen molar-refractivity contribution in [2.75, 3.05) is 119 Å². The average molecular weight is 551 g/mol. The van der Waals surface area contributed by atoms with E-state index in [1.807, 2.05) is 0 Å². The lowest BCUT2D eigenvalue weighted by Crippen LogP contribution is -2.86. The summed E-state index contributed by atoms with van der Waals surface area (Å²) in [5, 5.41) is 0. The first kappa shape index (κ1) is 25.4. The smallest absolute Gasteiger partial charge is 0.214 e. The van der Waals surface area contributed by atoms with E-state index in [9.17, 15) is 0 Å². The summed E-state index contributed by atoms with van der Waals surface area (Å²) in [6.45, 7) is 23.8. The molecule has 8 nitrogen and oxygen atoms in total. The molecule has 8 atom stereocenters. The number of nitrogens with zero attached hydrogens (tertiary/aromatic N) is 8. The monoisotopic (exact) mass is 550 g/mol. The lowest BCUT2D eigenvalue weighted by molar-refractivity contribution is -1.05. The summed E-state index contributed by atoms with van der Waals surface area (Å²) in [6.07, 6.45) is 5.59. The molecule has 0 amide bonds. The van der Waals surface area contributed by atoms with Crippen LogP contribution in [0.1, 0.15) is 24.0 Å². The summed E-state index contributed by atoms with van der Waals surface area (Å²) in [7, 11) is 5.15. The van der Waals surface area contributed by atoms with Crippen LogP contribution in [0.2, 0.25) is 0 Å². The summed E-state index contributed by atoms with van der Waals surface area (Å²) in [6, 6.07) is 10.2. The first-order valence-corrected chi connectivity index (χ1v) is 16.8. The number of rotatable bonds is 4. The molecule has 1 aromatic carbocycles. The van der Waals surface area contributed by atoms with Gasteiger partial charge in [-0.3, -0.25) is 8.97 Å². The Kier molecular flexibility index (Phi) is 5.54. The van der Waals surface area contributed by atoms with Gasteiger partial charge >= 0.3 is 0 Å². The lowest BCUT2D eigenvalue weighted by Gasteiger charge is -2.66.